The van der Waals surface area contributed by atoms with E-state index in [1.165, 1.54) is 30.5 Å². The first-order valence-electron chi connectivity index (χ1n) is 10.9. The molecule has 2 aromatic carbocycles. The number of nitrogens with two attached hydrogens (primary N) is 1. The average Bonchev–Trinajstić information content (AvgIpc) is 2.79. The number of rotatable bonds is 6. The summed E-state index contributed by atoms with van der Waals surface area (Å²) < 4.78 is 5.67. The van der Waals surface area contributed by atoms with E-state index in [0.29, 0.717) is 18.0 Å². The number of fused-ring (bicyclic) bond motifs is 1. The summed E-state index contributed by atoms with van der Waals surface area (Å²) in [6, 6.07) is 15.7. The van der Waals surface area contributed by atoms with Gasteiger partial charge in [0.1, 0.15) is 5.75 Å². The normalized spacial score (nSPS) is 18.5. The van der Waals surface area contributed by atoms with E-state index in [9.17, 15) is 9.59 Å². The second kappa shape index (κ2) is 9.39. The fourth-order valence-electron chi connectivity index (χ4n) is 4.37. The van der Waals surface area contributed by atoms with Crippen LogP contribution in [0, 0.1) is 0 Å². The monoisotopic (exact) mass is 422 g/mol. The fraction of sp³-hybridized carbons (Fsp3) is 0.417. The molecule has 0 aromatic heterocycles. The van der Waals surface area contributed by atoms with Gasteiger partial charge in [-0.15, -0.1) is 0 Å². The minimum absolute atomic E-state index is 0.0834. The number of ether oxygens (including phenoxy) is 1. The number of amides is 2. The molecule has 1 fully saturated rings. The zero-order valence-electron chi connectivity index (χ0n) is 18.0. The number of piperidine rings is 1. The standard InChI is InChI=1S/C24H30N4O3/c1-26(15-18-9-3-4-10-19(18)27-13-7-2-8-14-27)17-23(29)28-16-22(24(25)30)31-21-12-6-5-11-20(21)28/h3-6,9-12,22H,2,7-8,13-17H2,1H3,(H2,25,30)/t22-/m1/s1. The Morgan fingerprint density at radius 2 is 1.71 bits per heavy atom. The highest BCUT2D eigenvalue weighted by Crippen LogP contribution is 2.33. The SMILES string of the molecule is CN(CC(=O)N1C[C@H](C(N)=O)Oc2ccccc21)Cc1ccccc1N1CCCCC1. The predicted molar refractivity (Wildman–Crippen MR) is 121 cm³/mol. The minimum atomic E-state index is -0.844. The number of benzene rings is 2. The van der Waals surface area contributed by atoms with Crippen molar-refractivity contribution >= 4 is 23.2 Å². The maximum Gasteiger partial charge on any atom is 0.260 e. The molecule has 1 atom stereocenters. The summed E-state index contributed by atoms with van der Waals surface area (Å²) >= 11 is 0. The smallest absolute Gasteiger partial charge is 0.260 e. The Morgan fingerprint density at radius 3 is 2.45 bits per heavy atom. The van der Waals surface area contributed by atoms with E-state index in [1.54, 1.807) is 11.0 Å². The van der Waals surface area contributed by atoms with Crippen LogP contribution in [0.1, 0.15) is 24.8 Å². The van der Waals surface area contributed by atoms with E-state index >= 15 is 0 Å². The Bertz CT molecular complexity index is 942. The van der Waals surface area contributed by atoms with Crippen LogP contribution in [0.25, 0.3) is 0 Å². The van der Waals surface area contributed by atoms with Gasteiger partial charge >= 0.3 is 0 Å². The Kier molecular flexibility index (Phi) is 6.42. The molecule has 2 aliphatic rings. The molecular formula is C24H30N4O3. The van der Waals surface area contributed by atoms with Crippen LogP contribution in [0.4, 0.5) is 11.4 Å². The van der Waals surface area contributed by atoms with E-state index in [-0.39, 0.29) is 19.0 Å². The van der Waals surface area contributed by atoms with Crippen LogP contribution in [0.15, 0.2) is 48.5 Å². The first-order chi connectivity index (χ1) is 15.0. The van der Waals surface area contributed by atoms with Gasteiger partial charge in [-0.3, -0.25) is 14.5 Å². The second-order valence-corrected chi connectivity index (χ2v) is 8.33. The summed E-state index contributed by atoms with van der Waals surface area (Å²) in [5.41, 5.74) is 8.61. The number of hydrogen-bond donors (Lipinski definition) is 1. The zero-order valence-corrected chi connectivity index (χ0v) is 18.0. The van der Waals surface area contributed by atoms with Crippen molar-refractivity contribution in [2.24, 2.45) is 5.73 Å². The number of carbonyl (C=O) groups is 2. The van der Waals surface area contributed by atoms with Crippen LogP contribution in [-0.4, -0.2) is 56.0 Å². The Balaban J connectivity index is 1.46. The first-order valence-corrected chi connectivity index (χ1v) is 10.9. The van der Waals surface area contributed by atoms with Gasteiger partial charge in [0.15, 0.2) is 6.10 Å². The molecule has 0 spiro atoms. The molecule has 0 bridgehead atoms. The molecule has 4 rings (SSSR count). The van der Waals surface area contributed by atoms with Crippen LogP contribution in [-0.2, 0) is 16.1 Å². The second-order valence-electron chi connectivity index (χ2n) is 8.33. The summed E-state index contributed by atoms with van der Waals surface area (Å²) in [5, 5.41) is 0. The lowest BCUT2D eigenvalue weighted by Gasteiger charge is -2.34. The number of para-hydroxylation sites is 3. The average molecular weight is 423 g/mol. The number of nitrogens with zero attached hydrogens (tertiary/aromatic N) is 3. The first kappa shape index (κ1) is 21.2. The van der Waals surface area contributed by atoms with Gasteiger partial charge in [0.05, 0.1) is 18.8 Å². The van der Waals surface area contributed by atoms with Crippen molar-refractivity contribution < 1.29 is 14.3 Å². The molecule has 7 nitrogen and oxygen atoms in total. The third-order valence-electron chi connectivity index (χ3n) is 5.93. The number of likely N-dealkylation sites (N-methyl/N-ethyl adjacent to an activating group) is 1. The summed E-state index contributed by atoms with van der Waals surface area (Å²) in [6.45, 7) is 3.19. The number of carbonyl (C=O) groups excluding carboxylic acids is 2. The highest BCUT2D eigenvalue weighted by atomic mass is 16.5. The molecular weight excluding hydrogens is 392 g/mol. The molecule has 2 aliphatic heterocycles. The molecule has 31 heavy (non-hydrogen) atoms. The van der Waals surface area contributed by atoms with Crippen LogP contribution < -0.4 is 20.3 Å². The fourth-order valence-corrected chi connectivity index (χ4v) is 4.37. The largest absolute Gasteiger partial charge is 0.477 e. The Morgan fingerprint density at radius 1 is 1.03 bits per heavy atom. The van der Waals surface area contributed by atoms with Crippen LogP contribution in [0.2, 0.25) is 0 Å². The third-order valence-corrected chi connectivity index (χ3v) is 5.93. The van der Waals surface area contributed by atoms with Crippen molar-refractivity contribution in [2.75, 3.05) is 43.0 Å². The van der Waals surface area contributed by atoms with Crippen molar-refractivity contribution in [1.29, 1.82) is 0 Å². The van der Waals surface area contributed by atoms with E-state index < -0.39 is 12.0 Å². The van der Waals surface area contributed by atoms with Gasteiger partial charge < -0.3 is 20.3 Å². The number of primary amides is 1. The molecule has 1 saturated heterocycles. The van der Waals surface area contributed by atoms with Gasteiger partial charge in [0, 0.05) is 25.3 Å². The Labute approximate surface area is 183 Å². The van der Waals surface area contributed by atoms with Gasteiger partial charge in [-0.1, -0.05) is 30.3 Å². The molecule has 2 aromatic rings. The molecule has 0 aliphatic carbocycles. The molecule has 164 valence electrons. The van der Waals surface area contributed by atoms with E-state index in [0.717, 1.165) is 13.1 Å². The lowest BCUT2D eigenvalue weighted by atomic mass is 10.1. The quantitative estimate of drug-likeness (QED) is 0.773. The molecule has 0 saturated carbocycles. The van der Waals surface area contributed by atoms with E-state index in [4.69, 9.17) is 10.5 Å². The van der Waals surface area contributed by atoms with Crippen molar-refractivity contribution in [3.63, 3.8) is 0 Å². The van der Waals surface area contributed by atoms with Crippen molar-refractivity contribution in [3.8, 4) is 5.75 Å². The van der Waals surface area contributed by atoms with Gasteiger partial charge in [-0.2, -0.15) is 0 Å². The highest BCUT2D eigenvalue weighted by molar-refractivity contribution is 5.98. The van der Waals surface area contributed by atoms with Crippen LogP contribution in [0.5, 0.6) is 5.75 Å². The molecule has 2 heterocycles. The zero-order chi connectivity index (χ0) is 21.8. The van der Waals surface area contributed by atoms with Crippen molar-refractivity contribution in [2.45, 2.75) is 31.9 Å². The molecule has 0 radical (unpaired) electrons. The van der Waals surface area contributed by atoms with Gasteiger partial charge in [0.2, 0.25) is 5.91 Å². The topological polar surface area (TPSA) is 79.1 Å². The summed E-state index contributed by atoms with van der Waals surface area (Å²) in [5.74, 6) is -0.153. The molecule has 2 amide bonds. The van der Waals surface area contributed by atoms with E-state index in [2.05, 4.69) is 23.1 Å². The molecule has 2 N–H and O–H groups in total. The lowest BCUT2D eigenvalue weighted by molar-refractivity contribution is -0.125. The van der Waals surface area contributed by atoms with Crippen LogP contribution >= 0.6 is 0 Å². The molecule has 7 heteroatoms. The maximum absolute atomic E-state index is 13.2. The van der Waals surface area contributed by atoms with Crippen molar-refractivity contribution in [3.05, 3.63) is 54.1 Å². The number of hydrogen-bond acceptors (Lipinski definition) is 5. The van der Waals surface area contributed by atoms with Crippen LogP contribution in [0.3, 0.4) is 0 Å². The van der Waals surface area contributed by atoms with E-state index in [1.807, 2.05) is 36.2 Å². The van der Waals surface area contributed by atoms with Crippen molar-refractivity contribution in [1.82, 2.24) is 4.90 Å². The van der Waals surface area contributed by atoms with Gasteiger partial charge in [-0.25, -0.2) is 0 Å². The Hall–Kier alpha value is -3.06. The summed E-state index contributed by atoms with van der Waals surface area (Å²) in [6.07, 6.45) is 2.89. The summed E-state index contributed by atoms with van der Waals surface area (Å²) in [7, 11) is 1.95. The maximum atomic E-state index is 13.2. The minimum Gasteiger partial charge on any atom is -0.477 e. The lowest BCUT2D eigenvalue weighted by Crippen LogP contribution is -2.51. The molecule has 0 unspecified atom stereocenters. The third kappa shape index (κ3) is 4.82. The van der Waals surface area contributed by atoms with Gasteiger partial charge in [0.25, 0.3) is 5.91 Å². The number of anilines is 2. The summed E-state index contributed by atoms with van der Waals surface area (Å²) in [4.78, 5) is 31.0. The predicted octanol–water partition coefficient (Wildman–Crippen LogP) is 2.39. The van der Waals surface area contributed by atoms with Gasteiger partial charge in [-0.05, 0) is 50.1 Å². The highest BCUT2D eigenvalue weighted by Gasteiger charge is 2.32.